The zero-order chi connectivity index (χ0) is 20.8. The Bertz CT molecular complexity index is 745. The van der Waals surface area contributed by atoms with E-state index in [1.807, 2.05) is 0 Å². The summed E-state index contributed by atoms with van der Waals surface area (Å²) in [5.41, 5.74) is 0.256. The number of anilines is 1. The van der Waals surface area contributed by atoms with Crippen molar-refractivity contribution in [2.45, 2.75) is 38.5 Å². The topological polar surface area (TPSA) is 84.9 Å². The molecule has 1 atom stereocenters. The molecule has 0 aliphatic heterocycles. The van der Waals surface area contributed by atoms with Crippen LogP contribution in [0.3, 0.4) is 0 Å². The van der Waals surface area contributed by atoms with Crippen molar-refractivity contribution in [3.8, 4) is 11.5 Å². The van der Waals surface area contributed by atoms with Crippen LogP contribution >= 0.6 is 11.8 Å². The van der Waals surface area contributed by atoms with E-state index in [4.69, 9.17) is 9.47 Å². The van der Waals surface area contributed by atoms with Crippen molar-refractivity contribution in [1.82, 2.24) is 5.32 Å². The first-order chi connectivity index (χ1) is 12.4. The highest BCUT2D eigenvalue weighted by Crippen LogP contribution is 2.35. The molecule has 0 aliphatic carbocycles. The van der Waals surface area contributed by atoms with Gasteiger partial charge in [-0.15, -0.1) is 0 Å². The van der Waals surface area contributed by atoms with Crippen molar-refractivity contribution < 1.29 is 22.7 Å². The van der Waals surface area contributed by atoms with Gasteiger partial charge in [0.2, 0.25) is 15.9 Å². The van der Waals surface area contributed by atoms with E-state index >= 15 is 0 Å². The van der Waals surface area contributed by atoms with Crippen LogP contribution in [0.5, 0.6) is 11.5 Å². The van der Waals surface area contributed by atoms with Gasteiger partial charge in [-0.25, -0.2) is 8.42 Å². The number of methoxy groups -OCH3 is 2. The largest absolute Gasteiger partial charge is 0.497 e. The Kier molecular flexibility index (Phi) is 8.28. The minimum Gasteiger partial charge on any atom is -0.497 e. The molecule has 154 valence electrons. The Labute approximate surface area is 166 Å². The Hall–Kier alpha value is -1.61. The van der Waals surface area contributed by atoms with E-state index in [0.29, 0.717) is 18.0 Å². The van der Waals surface area contributed by atoms with Gasteiger partial charge in [-0.3, -0.25) is 9.10 Å². The van der Waals surface area contributed by atoms with Gasteiger partial charge in [-0.1, -0.05) is 20.8 Å². The molecule has 0 saturated carbocycles. The molecule has 7 nitrogen and oxygen atoms in total. The van der Waals surface area contributed by atoms with Crippen LogP contribution in [0.2, 0.25) is 0 Å². The molecule has 0 aromatic heterocycles. The summed E-state index contributed by atoms with van der Waals surface area (Å²) in [5.74, 6) is 1.17. The first kappa shape index (κ1) is 23.4. The fourth-order valence-corrected chi connectivity index (χ4v) is 4.42. The molecule has 0 bridgehead atoms. The van der Waals surface area contributed by atoms with E-state index in [0.717, 1.165) is 16.3 Å². The second kappa shape index (κ2) is 9.54. The molecule has 1 amide bonds. The van der Waals surface area contributed by atoms with Crippen LogP contribution in [-0.2, 0) is 14.8 Å². The van der Waals surface area contributed by atoms with Gasteiger partial charge in [0.15, 0.2) is 0 Å². The smallest absolute Gasteiger partial charge is 0.243 e. The second-order valence-electron chi connectivity index (χ2n) is 7.02. The Morgan fingerprint density at radius 1 is 1.26 bits per heavy atom. The van der Waals surface area contributed by atoms with Crippen LogP contribution in [0.15, 0.2) is 18.2 Å². The molecule has 0 heterocycles. The zero-order valence-corrected chi connectivity index (χ0v) is 18.7. The zero-order valence-electron chi connectivity index (χ0n) is 17.0. The normalized spacial score (nSPS) is 13.0. The first-order valence-electron chi connectivity index (χ1n) is 8.54. The van der Waals surface area contributed by atoms with Crippen LogP contribution in [0.4, 0.5) is 5.69 Å². The van der Waals surface area contributed by atoms with Crippen LogP contribution in [0.25, 0.3) is 0 Å². The van der Waals surface area contributed by atoms with Crippen molar-refractivity contribution in [1.29, 1.82) is 0 Å². The Balaban J connectivity index is 3.06. The van der Waals surface area contributed by atoms with Crippen LogP contribution in [0, 0.1) is 0 Å². The fourth-order valence-electron chi connectivity index (χ4n) is 2.43. The third kappa shape index (κ3) is 7.14. The molecule has 9 heteroatoms. The molecule has 0 saturated heterocycles. The SMILES string of the molecule is COc1ccc(OC)c(N([C@@H](C)C(=O)NCCSC(C)(C)C)S(C)(=O)=O)c1. The Morgan fingerprint density at radius 2 is 1.89 bits per heavy atom. The highest BCUT2D eigenvalue weighted by molar-refractivity contribution is 8.00. The van der Waals surface area contributed by atoms with Crippen molar-refractivity contribution >= 4 is 33.4 Å². The van der Waals surface area contributed by atoms with Gasteiger partial charge >= 0.3 is 0 Å². The molecule has 1 N–H and O–H groups in total. The number of carbonyl (C=O) groups is 1. The van der Waals surface area contributed by atoms with Gasteiger partial charge in [0.1, 0.15) is 17.5 Å². The lowest BCUT2D eigenvalue weighted by atomic mass is 10.2. The summed E-state index contributed by atoms with van der Waals surface area (Å²) in [4.78, 5) is 12.6. The first-order valence-corrected chi connectivity index (χ1v) is 11.4. The fraction of sp³-hybridized carbons (Fsp3) is 0.611. The van der Waals surface area contributed by atoms with Gasteiger partial charge < -0.3 is 14.8 Å². The van der Waals surface area contributed by atoms with Gasteiger partial charge in [0.05, 0.1) is 26.2 Å². The summed E-state index contributed by atoms with van der Waals surface area (Å²) in [6.07, 6.45) is 1.06. The van der Waals surface area contributed by atoms with Gasteiger partial charge in [-0.2, -0.15) is 11.8 Å². The van der Waals surface area contributed by atoms with E-state index in [1.54, 1.807) is 36.9 Å². The molecule has 1 rings (SSSR count). The molecule has 1 aromatic rings. The molecular weight excluding hydrogens is 388 g/mol. The quantitative estimate of drug-likeness (QED) is 0.620. The Morgan fingerprint density at radius 3 is 2.37 bits per heavy atom. The number of thioether (sulfide) groups is 1. The minimum absolute atomic E-state index is 0.100. The summed E-state index contributed by atoms with van der Waals surface area (Å²) in [5, 5.41) is 2.81. The summed E-state index contributed by atoms with van der Waals surface area (Å²) in [6, 6.07) is 3.87. The number of amides is 1. The van der Waals surface area contributed by atoms with Gasteiger partial charge in [0, 0.05) is 23.1 Å². The second-order valence-corrected chi connectivity index (χ2v) is 10.8. The standard InChI is InChI=1S/C18H30N2O5S2/c1-13(17(21)19-10-11-26-18(2,3)4)20(27(7,22)23)15-12-14(24-5)8-9-16(15)25-6/h8-9,12-13H,10-11H2,1-7H3,(H,19,21)/t13-/m0/s1. The number of carbonyl (C=O) groups excluding carboxylic acids is 1. The van der Waals surface area contributed by atoms with Gasteiger partial charge in [-0.05, 0) is 19.1 Å². The maximum absolute atomic E-state index is 12.6. The predicted molar refractivity (Wildman–Crippen MR) is 112 cm³/mol. The predicted octanol–water partition coefficient (Wildman–Crippen LogP) is 2.51. The molecule has 1 aromatic carbocycles. The van der Waals surface area contributed by atoms with Crippen molar-refractivity contribution in [3.05, 3.63) is 18.2 Å². The number of benzene rings is 1. The van der Waals surface area contributed by atoms with E-state index in [-0.39, 0.29) is 16.3 Å². The number of rotatable bonds is 9. The lowest BCUT2D eigenvalue weighted by Crippen LogP contribution is -2.48. The van der Waals surface area contributed by atoms with E-state index in [9.17, 15) is 13.2 Å². The number of nitrogens with one attached hydrogen (secondary N) is 1. The molecule has 27 heavy (non-hydrogen) atoms. The highest BCUT2D eigenvalue weighted by Gasteiger charge is 2.31. The van der Waals surface area contributed by atoms with Crippen LogP contribution in [0.1, 0.15) is 27.7 Å². The van der Waals surface area contributed by atoms with E-state index < -0.39 is 16.1 Å². The lowest BCUT2D eigenvalue weighted by Gasteiger charge is -2.29. The average molecular weight is 419 g/mol. The molecule has 0 unspecified atom stereocenters. The van der Waals surface area contributed by atoms with Crippen LogP contribution in [-0.4, -0.2) is 57.9 Å². The van der Waals surface area contributed by atoms with Crippen molar-refractivity contribution in [3.63, 3.8) is 0 Å². The minimum atomic E-state index is -3.74. The lowest BCUT2D eigenvalue weighted by molar-refractivity contribution is -0.121. The van der Waals surface area contributed by atoms with E-state index in [2.05, 4.69) is 26.1 Å². The van der Waals surface area contributed by atoms with Crippen molar-refractivity contribution in [2.24, 2.45) is 0 Å². The summed E-state index contributed by atoms with van der Waals surface area (Å²) in [6.45, 7) is 8.30. The number of hydrogen-bond donors (Lipinski definition) is 1. The van der Waals surface area contributed by atoms with Crippen LogP contribution < -0.4 is 19.1 Å². The molecule has 0 aliphatic rings. The average Bonchev–Trinajstić information content (AvgIpc) is 2.56. The van der Waals surface area contributed by atoms with Crippen molar-refractivity contribution in [2.75, 3.05) is 37.1 Å². The monoisotopic (exact) mass is 418 g/mol. The summed E-state index contributed by atoms with van der Waals surface area (Å²) in [7, 11) is -0.812. The molecular formula is C18H30N2O5S2. The van der Waals surface area contributed by atoms with Gasteiger partial charge in [0.25, 0.3) is 0 Å². The third-order valence-electron chi connectivity index (χ3n) is 3.65. The number of ether oxygens (including phenoxy) is 2. The molecule has 0 spiro atoms. The number of sulfonamides is 1. The highest BCUT2D eigenvalue weighted by atomic mass is 32.2. The maximum atomic E-state index is 12.6. The maximum Gasteiger partial charge on any atom is 0.243 e. The summed E-state index contributed by atoms with van der Waals surface area (Å²) < 4.78 is 36.5. The third-order valence-corrected chi connectivity index (χ3v) is 6.15. The number of hydrogen-bond acceptors (Lipinski definition) is 6. The van der Waals surface area contributed by atoms with E-state index in [1.165, 1.54) is 14.2 Å². The summed E-state index contributed by atoms with van der Waals surface area (Å²) >= 11 is 1.73. The molecule has 0 fully saturated rings. The number of nitrogens with zero attached hydrogens (tertiary/aromatic N) is 1. The molecule has 0 radical (unpaired) electrons.